The molecule has 18 heavy (non-hydrogen) atoms. The summed E-state index contributed by atoms with van der Waals surface area (Å²) in [5.74, 6) is 0.868. The van der Waals surface area contributed by atoms with Gasteiger partial charge in [-0.25, -0.2) is 0 Å². The molecule has 2 amide bonds. The number of amides is 2. The first-order chi connectivity index (χ1) is 8.21. The van der Waals surface area contributed by atoms with Crippen LogP contribution in [0.3, 0.4) is 0 Å². The van der Waals surface area contributed by atoms with Crippen molar-refractivity contribution in [2.45, 2.75) is 53.5 Å². The van der Waals surface area contributed by atoms with Crippen LogP contribution in [-0.2, 0) is 9.59 Å². The molecule has 2 N–H and O–H groups in total. The van der Waals surface area contributed by atoms with E-state index in [-0.39, 0.29) is 23.3 Å². The molecular weight excluding hydrogens is 228 g/mol. The highest BCUT2D eigenvalue weighted by molar-refractivity contribution is 5.73. The van der Waals surface area contributed by atoms with Crippen LogP contribution in [0.2, 0.25) is 0 Å². The molecule has 3 unspecified atom stereocenters. The summed E-state index contributed by atoms with van der Waals surface area (Å²) in [6.07, 6.45) is 2.09. The lowest BCUT2D eigenvalue weighted by molar-refractivity contribution is -0.122. The first kappa shape index (κ1) is 15.0. The largest absolute Gasteiger partial charge is 0.356 e. The Morgan fingerprint density at radius 2 is 1.78 bits per heavy atom. The molecule has 0 spiro atoms. The van der Waals surface area contributed by atoms with Gasteiger partial charge in [-0.15, -0.1) is 0 Å². The highest BCUT2D eigenvalue weighted by Crippen LogP contribution is 2.41. The second-order valence-corrected chi connectivity index (χ2v) is 6.44. The van der Waals surface area contributed by atoms with Gasteiger partial charge in [0, 0.05) is 26.4 Å². The third-order valence-corrected chi connectivity index (χ3v) is 3.97. The van der Waals surface area contributed by atoms with E-state index < -0.39 is 0 Å². The Morgan fingerprint density at radius 1 is 1.17 bits per heavy atom. The average molecular weight is 254 g/mol. The van der Waals surface area contributed by atoms with Crippen LogP contribution in [0.15, 0.2) is 0 Å². The number of hydrogen-bond donors (Lipinski definition) is 2. The van der Waals surface area contributed by atoms with Crippen molar-refractivity contribution in [1.29, 1.82) is 0 Å². The number of nitrogens with one attached hydrogen (secondary N) is 2. The summed E-state index contributed by atoms with van der Waals surface area (Å²) in [6, 6.07) is 0.213. The van der Waals surface area contributed by atoms with Crippen molar-refractivity contribution >= 4 is 11.8 Å². The van der Waals surface area contributed by atoms with Crippen LogP contribution >= 0.6 is 0 Å². The van der Waals surface area contributed by atoms with Gasteiger partial charge in [0.05, 0.1) is 0 Å². The molecule has 0 heterocycles. The van der Waals surface area contributed by atoms with E-state index in [2.05, 4.69) is 31.4 Å². The first-order valence-electron chi connectivity index (χ1n) is 6.73. The van der Waals surface area contributed by atoms with Gasteiger partial charge in [-0.1, -0.05) is 20.8 Å². The Kier molecular flexibility index (Phi) is 4.77. The third-order valence-electron chi connectivity index (χ3n) is 3.97. The fourth-order valence-electron chi connectivity index (χ4n) is 3.07. The summed E-state index contributed by atoms with van der Waals surface area (Å²) >= 11 is 0. The van der Waals surface area contributed by atoms with Gasteiger partial charge < -0.3 is 10.6 Å². The Hall–Kier alpha value is -1.06. The summed E-state index contributed by atoms with van der Waals surface area (Å²) in [5.41, 5.74) is 0.211. The van der Waals surface area contributed by atoms with Crippen molar-refractivity contribution in [2.24, 2.45) is 17.3 Å². The zero-order valence-electron chi connectivity index (χ0n) is 12.2. The van der Waals surface area contributed by atoms with Gasteiger partial charge in [0.25, 0.3) is 0 Å². The first-order valence-corrected chi connectivity index (χ1v) is 6.73. The highest BCUT2D eigenvalue weighted by Gasteiger charge is 2.39. The van der Waals surface area contributed by atoms with E-state index in [1.54, 1.807) is 13.8 Å². The van der Waals surface area contributed by atoms with E-state index in [0.29, 0.717) is 18.4 Å². The minimum absolute atomic E-state index is 0.0154. The molecule has 1 aliphatic carbocycles. The van der Waals surface area contributed by atoms with E-state index in [1.807, 2.05) is 0 Å². The average Bonchev–Trinajstić information content (AvgIpc) is 2.19. The molecule has 0 aromatic rings. The Morgan fingerprint density at radius 3 is 2.28 bits per heavy atom. The van der Waals surface area contributed by atoms with E-state index in [4.69, 9.17) is 0 Å². The lowest BCUT2D eigenvalue weighted by atomic mass is 9.65. The SMILES string of the molecule is CC(=O)NCC1CC(C)(C)CC(NC(C)=O)C1C. The van der Waals surface area contributed by atoms with Gasteiger partial charge in [-0.05, 0) is 30.1 Å². The standard InChI is InChI=1S/C14H26N2O2/c1-9-12(8-15-10(2)17)6-14(4,5)7-13(9)16-11(3)18/h9,12-13H,6-8H2,1-5H3,(H,15,17)(H,16,18). The molecule has 0 saturated heterocycles. The van der Waals surface area contributed by atoms with E-state index in [1.165, 1.54) is 0 Å². The molecule has 4 heteroatoms. The zero-order valence-corrected chi connectivity index (χ0v) is 12.2. The van der Waals surface area contributed by atoms with Gasteiger partial charge >= 0.3 is 0 Å². The van der Waals surface area contributed by atoms with Crippen molar-refractivity contribution < 1.29 is 9.59 Å². The number of carbonyl (C=O) groups excluding carboxylic acids is 2. The molecule has 1 saturated carbocycles. The van der Waals surface area contributed by atoms with E-state index in [9.17, 15) is 9.59 Å². The lowest BCUT2D eigenvalue weighted by Gasteiger charge is -2.45. The predicted molar refractivity (Wildman–Crippen MR) is 72.0 cm³/mol. The Balaban J connectivity index is 2.70. The molecular formula is C14H26N2O2. The lowest BCUT2D eigenvalue weighted by Crippen LogP contribution is -2.50. The summed E-state index contributed by atoms with van der Waals surface area (Å²) in [7, 11) is 0. The van der Waals surface area contributed by atoms with Crippen LogP contribution in [0.1, 0.15) is 47.5 Å². The molecule has 0 aromatic heterocycles. The maximum atomic E-state index is 11.3. The van der Waals surface area contributed by atoms with Crippen LogP contribution in [0, 0.1) is 17.3 Å². The fourth-order valence-corrected chi connectivity index (χ4v) is 3.07. The molecule has 0 radical (unpaired) electrons. The number of rotatable bonds is 3. The fraction of sp³-hybridized carbons (Fsp3) is 0.857. The van der Waals surface area contributed by atoms with E-state index >= 15 is 0 Å². The highest BCUT2D eigenvalue weighted by atomic mass is 16.2. The third kappa shape index (κ3) is 4.31. The van der Waals surface area contributed by atoms with Gasteiger partial charge in [0.15, 0.2) is 0 Å². The molecule has 1 rings (SSSR count). The minimum atomic E-state index is 0.0154. The van der Waals surface area contributed by atoms with Crippen molar-refractivity contribution in [3.63, 3.8) is 0 Å². The molecule has 0 bridgehead atoms. The quantitative estimate of drug-likeness (QED) is 0.805. The Labute approximate surface area is 110 Å². The molecule has 104 valence electrons. The predicted octanol–water partition coefficient (Wildman–Crippen LogP) is 1.70. The van der Waals surface area contributed by atoms with E-state index in [0.717, 1.165) is 12.8 Å². The summed E-state index contributed by atoms with van der Waals surface area (Å²) in [5, 5.41) is 5.96. The van der Waals surface area contributed by atoms with Gasteiger partial charge in [0.2, 0.25) is 11.8 Å². The monoisotopic (exact) mass is 254 g/mol. The molecule has 3 atom stereocenters. The minimum Gasteiger partial charge on any atom is -0.356 e. The summed E-state index contributed by atoms with van der Waals surface area (Å²) in [4.78, 5) is 22.3. The smallest absolute Gasteiger partial charge is 0.217 e. The summed E-state index contributed by atoms with van der Waals surface area (Å²) in [6.45, 7) is 10.4. The van der Waals surface area contributed by atoms with Gasteiger partial charge in [0.1, 0.15) is 0 Å². The Bertz CT molecular complexity index is 326. The molecule has 4 nitrogen and oxygen atoms in total. The van der Waals surface area contributed by atoms with Crippen molar-refractivity contribution in [1.82, 2.24) is 10.6 Å². The van der Waals surface area contributed by atoms with Gasteiger partial charge in [-0.3, -0.25) is 9.59 Å². The van der Waals surface area contributed by atoms with Crippen LogP contribution < -0.4 is 10.6 Å². The van der Waals surface area contributed by atoms with Crippen LogP contribution in [0.5, 0.6) is 0 Å². The molecule has 0 aliphatic heterocycles. The van der Waals surface area contributed by atoms with Crippen molar-refractivity contribution in [2.75, 3.05) is 6.54 Å². The summed E-state index contributed by atoms with van der Waals surface area (Å²) < 4.78 is 0. The second kappa shape index (κ2) is 5.72. The van der Waals surface area contributed by atoms with Crippen LogP contribution in [0.4, 0.5) is 0 Å². The van der Waals surface area contributed by atoms with Crippen molar-refractivity contribution in [3.8, 4) is 0 Å². The molecule has 1 fully saturated rings. The number of hydrogen-bond acceptors (Lipinski definition) is 2. The molecule has 1 aliphatic rings. The topological polar surface area (TPSA) is 58.2 Å². The van der Waals surface area contributed by atoms with Crippen LogP contribution in [0.25, 0.3) is 0 Å². The normalized spacial score (nSPS) is 30.6. The van der Waals surface area contributed by atoms with Crippen LogP contribution in [-0.4, -0.2) is 24.4 Å². The zero-order chi connectivity index (χ0) is 13.9. The van der Waals surface area contributed by atoms with Gasteiger partial charge in [-0.2, -0.15) is 0 Å². The number of carbonyl (C=O) groups is 2. The second-order valence-electron chi connectivity index (χ2n) is 6.44. The van der Waals surface area contributed by atoms with Crippen molar-refractivity contribution in [3.05, 3.63) is 0 Å². The maximum absolute atomic E-state index is 11.3. The molecule has 0 aromatic carbocycles. The maximum Gasteiger partial charge on any atom is 0.217 e.